The van der Waals surface area contributed by atoms with Gasteiger partial charge in [-0.2, -0.15) is 0 Å². The van der Waals surface area contributed by atoms with E-state index in [-0.39, 0.29) is 16.2 Å². The third-order valence-corrected chi connectivity index (χ3v) is 8.53. The first kappa shape index (κ1) is 20.5. The second-order valence-electron chi connectivity index (χ2n) is 7.55. The number of likely N-dealkylation sites (tertiary alicyclic amines) is 1. The Morgan fingerprint density at radius 1 is 0.966 bits per heavy atom. The van der Waals surface area contributed by atoms with E-state index in [9.17, 15) is 13.2 Å². The number of hydrogen-bond donors (Lipinski definition) is 0. The Labute approximate surface area is 176 Å². The Hall–Kier alpha value is -1.77. The molecule has 3 heterocycles. The molecule has 2 aromatic rings. The first-order chi connectivity index (χ1) is 14.1. The monoisotopic (exact) mass is 433 g/mol. The summed E-state index contributed by atoms with van der Waals surface area (Å²) >= 11 is 1.51. The number of carbonyl (C=O) groups excluding carboxylic acids is 1. The second-order valence-corrected chi connectivity index (χ2v) is 10.4. The lowest BCUT2D eigenvalue weighted by Gasteiger charge is -2.29. The number of thioether (sulfide) groups is 1. The number of nitrogens with zero attached hydrogens (tertiary/aromatic N) is 3. The van der Waals surface area contributed by atoms with Crippen LogP contribution in [0.1, 0.15) is 36.8 Å². The molecule has 156 valence electrons. The second kappa shape index (κ2) is 8.93. The van der Waals surface area contributed by atoms with Crippen LogP contribution in [0.2, 0.25) is 0 Å². The summed E-state index contributed by atoms with van der Waals surface area (Å²) in [6.45, 7) is 3.93. The SMILES string of the molecule is O=C1CSC(c2cccn2S(=O)(=O)c2ccccc2)N1CCCN1CCCCC1. The van der Waals surface area contributed by atoms with Crippen LogP contribution >= 0.6 is 11.8 Å². The summed E-state index contributed by atoms with van der Waals surface area (Å²) in [6, 6.07) is 12.0. The third kappa shape index (κ3) is 4.39. The predicted molar refractivity (Wildman–Crippen MR) is 115 cm³/mol. The summed E-state index contributed by atoms with van der Waals surface area (Å²) in [5.74, 6) is 0.480. The Balaban J connectivity index is 1.50. The highest BCUT2D eigenvalue weighted by Crippen LogP contribution is 2.39. The molecule has 2 aliphatic heterocycles. The van der Waals surface area contributed by atoms with E-state index < -0.39 is 10.0 Å². The number of amides is 1. The molecule has 0 bridgehead atoms. The maximum absolute atomic E-state index is 13.1. The largest absolute Gasteiger partial charge is 0.324 e. The van der Waals surface area contributed by atoms with Crippen LogP contribution in [0.25, 0.3) is 0 Å². The Morgan fingerprint density at radius 2 is 1.72 bits per heavy atom. The standard InChI is InChI=1S/C21H27N3O3S2/c25-20-17-28-21(23(20)15-8-14-22-12-5-2-6-13-22)19-11-7-16-24(19)29(26,27)18-9-3-1-4-10-18/h1,3-4,7,9-11,16,21H,2,5-6,8,12-15,17H2. The highest BCUT2D eigenvalue weighted by atomic mass is 32.2. The van der Waals surface area contributed by atoms with Gasteiger partial charge in [-0.15, -0.1) is 11.8 Å². The van der Waals surface area contributed by atoms with E-state index in [1.165, 1.54) is 35.0 Å². The average Bonchev–Trinajstić information content (AvgIpc) is 3.37. The van der Waals surface area contributed by atoms with Gasteiger partial charge < -0.3 is 9.80 Å². The molecule has 0 spiro atoms. The Kier molecular flexibility index (Phi) is 6.32. The lowest BCUT2D eigenvalue weighted by molar-refractivity contribution is -0.128. The molecule has 4 rings (SSSR count). The molecule has 0 radical (unpaired) electrons. The molecular weight excluding hydrogens is 406 g/mol. The van der Waals surface area contributed by atoms with Crippen molar-refractivity contribution in [1.29, 1.82) is 0 Å². The molecule has 1 atom stereocenters. The fourth-order valence-electron chi connectivity index (χ4n) is 4.08. The molecule has 6 nitrogen and oxygen atoms in total. The molecule has 8 heteroatoms. The molecule has 1 aromatic heterocycles. The predicted octanol–water partition coefficient (Wildman–Crippen LogP) is 3.18. The van der Waals surface area contributed by atoms with Crippen LogP contribution in [-0.2, 0) is 14.8 Å². The molecule has 29 heavy (non-hydrogen) atoms. The van der Waals surface area contributed by atoms with Gasteiger partial charge in [0.15, 0.2) is 0 Å². The number of piperidine rings is 1. The maximum Gasteiger partial charge on any atom is 0.267 e. The van der Waals surface area contributed by atoms with E-state index in [2.05, 4.69) is 4.90 Å². The van der Waals surface area contributed by atoms with Gasteiger partial charge in [-0.25, -0.2) is 12.4 Å². The number of carbonyl (C=O) groups is 1. The maximum atomic E-state index is 13.1. The molecule has 0 N–H and O–H groups in total. The van der Waals surface area contributed by atoms with Crippen LogP contribution in [0.3, 0.4) is 0 Å². The van der Waals surface area contributed by atoms with E-state index in [1.807, 2.05) is 11.0 Å². The van der Waals surface area contributed by atoms with E-state index in [4.69, 9.17) is 0 Å². The topological polar surface area (TPSA) is 62.6 Å². The summed E-state index contributed by atoms with van der Waals surface area (Å²) in [5, 5.41) is -0.266. The summed E-state index contributed by atoms with van der Waals surface area (Å²) in [4.78, 5) is 17.1. The molecule has 0 aliphatic carbocycles. The van der Waals surface area contributed by atoms with Crippen LogP contribution in [-0.4, -0.2) is 60.0 Å². The first-order valence-electron chi connectivity index (χ1n) is 10.2. The summed E-state index contributed by atoms with van der Waals surface area (Å²) < 4.78 is 27.6. The zero-order valence-electron chi connectivity index (χ0n) is 16.4. The van der Waals surface area contributed by atoms with Gasteiger partial charge >= 0.3 is 0 Å². The smallest absolute Gasteiger partial charge is 0.267 e. The van der Waals surface area contributed by atoms with Gasteiger partial charge in [0.05, 0.1) is 16.3 Å². The summed E-state index contributed by atoms with van der Waals surface area (Å²) in [5.41, 5.74) is 0.641. The van der Waals surface area contributed by atoms with Gasteiger partial charge in [-0.3, -0.25) is 4.79 Å². The zero-order chi connectivity index (χ0) is 20.3. The number of aromatic nitrogens is 1. The van der Waals surface area contributed by atoms with Crippen LogP contribution in [0.5, 0.6) is 0 Å². The van der Waals surface area contributed by atoms with Crippen molar-refractivity contribution < 1.29 is 13.2 Å². The zero-order valence-corrected chi connectivity index (χ0v) is 18.1. The van der Waals surface area contributed by atoms with Gasteiger partial charge in [0.25, 0.3) is 10.0 Å². The fraction of sp³-hybridized carbons (Fsp3) is 0.476. The third-order valence-electron chi connectivity index (χ3n) is 5.59. The van der Waals surface area contributed by atoms with E-state index >= 15 is 0 Å². The van der Waals surface area contributed by atoms with Crippen molar-refractivity contribution in [3.8, 4) is 0 Å². The first-order valence-corrected chi connectivity index (χ1v) is 12.7. The number of rotatable bonds is 7. The van der Waals surface area contributed by atoms with Crippen LogP contribution < -0.4 is 0 Å². The van der Waals surface area contributed by atoms with Crippen LogP contribution in [0.4, 0.5) is 0 Å². The van der Waals surface area contributed by atoms with E-state index in [0.717, 1.165) is 26.1 Å². The normalized spacial score (nSPS) is 21.0. The van der Waals surface area contributed by atoms with Gasteiger partial charge in [0.2, 0.25) is 5.91 Å². The van der Waals surface area contributed by atoms with Crippen molar-refractivity contribution in [3.05, 3.63) is 54.4 Å². The van der Waals surface area contributed by atoms with Gasteiger partial charge in [-0.05, 0) is 63.2 Å². The minimum atomic E-state index is -3.69. The Bertz CT molecular complexity index is 937. The van der Waals surface area contributed by atoms with Crippen molar-refractivity contribution in [1.82, 2.24) is 13.8 Å². The quantitative estimate of drug-likeness (QED) is 0.671. The van der Waals surface area contributed by atoms with Crippen molar-refractivity contribution >= 4 is 27.7 Å². The minimum absolute atomic E-state index is 0.0866. The van der Waals surface area contributed by atoms with Crippen molar-refractivity contribution in [2.45, 2.75) is 36.0 Å². The van der Waals surface area contributed by atoms with Gasteiger partial charge in [0.1, 0.15) is 5.37 Å². The lowest BCUT2D eigenvalue weighted by Crippen LogP contribution is -2.35. The molecule has 1 aromatic carbocycles. The van der Waals surface area contributed by atoms with Gasteiger partial charge in [-0.1, -0.05) is 24.6 Å². The molecule has 1 unspecified atom stereocenters. The molecule has 2 aliphatic rings. The highest BCUT2D eigenvalue weighted by Gasteiger charge is 2.36. The lowest BCUT2D eigenvalue weighted by atomic mass is 10.1. The van der Waals surface area contributed by atoms with Crippen molar-refractivity contribution in [2.24, 2.45) is 0 Å². The number of benzene rings is 1. The van der Waals surface area contributed by atoms with Crippen molar-refractivity contribution in [3.63, 3.8) is 0 Å². The summed E-state index contributed by atoms with van der Waals surface area (Å²) in [6.07, 6.45) is 6.31. The van der Waals surface area contributed by atoms with E-state index in [0.29, 0.717) is 18.0 Å². The minimum Gasteiger partial charge on any atom is -0.324 e. The molecular formula is C21H27N3O3S2. The molecule has 1 amide bonds. The molecule has 2 saturated heterocycles. The summed E-state index contributed by atoms with van der Waals surface area (Å²) in [7, 11) is -3.69. The fourth-order valence-corrected chi connectivity index (χ4v) is 6.78. The van der Waals surface area contributed by atoms with Crippen LogP contribution in [0, 0.1) is 0 Å². The highest BCUT2D eigenvalue weighted by molar-refractivity contribution is 8.00. The van der Waals surface area contributed by atoms with Crippen LogP contribution in [0.15, 0.2) is 53.6 Å². The number of hydrogen-bond acceptors (Lipinski definition) is 5. The van der Waals surface area contributed by atoms with E-state index in [1.54, 1.807) is 42.6 Å². The van der Waals surface area contributed by atoms with Crippen molar-refractivity contribution in [2.75, 3.05) is 31.9 Å². The van der Waals surface area contributed by atoms with Gasteiger partial charge in [0, 0.05) is 12.7 Å². The Morgan fingerprint density at radius 3 is 2.48 bits per heavy atom. The molecule has 2 fully saturated rings. The molecule has 0 saturated carbocycles. The average molecular weight is 434 g/mol.